The highest BCUT2D eigenvalue weighted by Crippen LogP contribution is 2.23. The Balaban J connectivity index is 2.02. The summed E-state index contributed by atoms with van der Waals surface area (Å²) in [4.78, 5) is 21.6. The molecule has 1 fully saturated rings. The molecule has 0 aromatic rings. The Morgan fingerprint density at radius 1 is 1.38 bits per heavy atom. The SMILES string of the molecule is O=C(O)CSCC(=O)NCC1CSCCS1. The van der Waals surface area contributed by atoms with Crippen molar-refractivity contribution in [2.75, 3.05) is 35.3 Å². The number of hydrogen-bond donors (Lipinski definition) is 2. The van der Waals surface area contributed by atoms with Gasteiger partial charge in [0.2, 0.25) is 5.91 Å². The van der Waals surface area contributed by atoms with Crippen molar-refractivity contribution in [3.8, 4) is 0 Å². The number of nitrogens with one attached hydrogen (secondary N) is 1. The first-order valence-electron chi connectivity index (χ1n) is 4.94. The van der Waals surface area contributed by atoms with Crippen molar-refractivity contribution in [1.82, 2.24) is 5.32 Å². The van der Waals surface area contributed by atoms with Gasteiger partial charge in [-0.25, -0.2) is 0 Å². The van der Waals surface area contributed by atoms with Gasteiger partial charge in [-0.1, -0.05) is 0 Å². The second-order valence-corrected chi connectivity index (χ2v) is 6.80. The lowest BCUT2D eigenvalue weighted by Crippen LogP contribution is -2.34. The van der Waals surface area contributed by atoms with Crippen LogP contribution < -0.4 is 5.32 Å². The predicted octanol–water partition coefficient (Wildman–Crippen LogP) is 0.769. The minimum atomic E-state index is -0.878. The second kappa shape index (κ2) is 8.14. The van der Waals surface area contributed by atoms with E-state index in [0.717, 1.165) is 23.3 Å². The fourth-order valence-electron chi connectivity index (χ4n) is 1.16. The van der Waals surface area contributed by atoms with E-state index in [-0.39, 0.29) is 17.4 Å². The first-order chi connectivity index (χ1) is 7.68. The van der Waals surface area contributed by atoms with Crippen LogP contribution in [-0.4, -0.2) is 57.5 Å². The Hall–Kier alpha value is -0.0100. The Morgan fingerprint density at radius 3 is 2.81 bits per heavy atom. The van der Waals surface area contributed by atoms with Crippen LogP contribution in [0.25, 0.3) is 0 Å². The normalized spacial score (nSPS) is 20.4. The number of hydrogen-bond acceptors (Lipinski definition) is 5. The zero-order chi connectivity index (χ0) is 11.8. The van der Waals surface area contributed by atoms with E-state index in [2.05, 4.69) is 5.32 Å². The molecular formula is C9H15NO3S3. The second-order valence-electron chi connectivity index (χ2n) is 3.26. The third-order valence-electron chi connectivity index (χ3n) is 1.87. The molecule has 1 amide bonds. The molecule has 0 aromatic heterocycles. The zero-order valence-corrected chi connectivity index (χ0v) is 11.3. The number of carboxylic acids is 1. The fourth-order valence-corrected chi connectivity index (χ4v) is 4.34. The molecule has 0 saturated carbocycles. The van der Waals surface area contributed by atoms with E-state index in [1.807, 2.05) is 23.5 Å². The summed E-state index contributed by atoms with van der Waals surface area (Å²) in [6, 6.07) is 0. The van der Waals surface area contributed by atoms with Gasteiger partial charge in [-0.2, -0.15) is 23.5 Å². The van der Waals surface area contributed by atoms with Gasteiger partial charge in [0, 0.05) is 29.1 Å². The average Bonchev–Trinajstić information content (AvgIpc) is 2.27. The molecule has 1 saturated heterocycles. The monoisotopic (exact) mass is 281 g/mol. The molecule has 2 N–H and O–H groups in total. The summed E-state index contributed by atoms with van der Waals surface area (Å²) in [6.07, 6.45) is 0. The maximum absolute atomic E-state index is 11.3. The van der Waals surface area contributed by atoms with E-state index in [0.29, 0.717) is 11.8 Å². The lowest BCUT2D eigenvalue weighted by molar-refractivity contribution is -0.133. The molecule has 16 heavy (non-hydrogen) atoms. The maximum Gasteiger partial charge on any atom is 0.313 e. The molecule has 4 nitrogen and oxygen atoms in total. The first kappa shape index (κ1) is 14.1. The molecule has 1 atom stereocenters. The highest BCUT2D eigenvalue weighted by molar-refractivity contribution is 8.06. The standard InChI is InChI=1S/C9H15NO3S3/c11-8(5-15-6-9(12)13)10-3-7-4-14-1-2-16-7/h7H,1-6H2,(H,10,11)(H,12,13). The summed E-state index contributed by atoms with van der Waals surface area (Å²) in [6.45, 7) is 0.699. The molecule has 1 heterocycles. The van der Waals surface area contributed by atoms with Crippen molar-refractivity contribution in [2.24, 2.45) is 0 Å². The predicted molar refractivity (Wildman–Crippen MR) is 71.5 cm³/mol. The lowest BCUT2D eigenvalue weighted by atomic mass is 10.4. The van der Waals surface area contributed by atoms with Gasteiger partial charge in [-0.15, -0.1) is 11.8 Å². The molecule has 1 aliphatic heterocycles. The Bertz CT molecular complexity index is 244. The highest BCUT2D eigenvalue weighted by atomic mass is 32.2. The van der Waals surface area contributed by atoms with Crippen molar-refractivity contribution in [2.45, 2.75) is 5.25 Å². The van der Waals surface area contributed by atoms with Gasteiger partial charge < -0.3 is 10.4 Å². The summed E-state index contributed by atoms with van der Waals surface area (Å²) < 4.78 is 0. The topological polar surface area (TPSA) is 66.4 Å². The minimum Gasteiger partial charge on any atom is -0.481 e. The largest absolute Gasteiger partial charge is 0.481 e. The van der Waals surface area contributed by atoms with Crippen molar-refractivity contribution >= 4 is 47.2 Å². The summed E-state index contributed by atoms with van der Waals surface area (Å²) >= 11 is 4.95. The van der Waals surface area contributed by atoms with Gasteiger partial charge in [-0.3, -0.25) is 9.59 Å². The number of aliphatic carboxylic acids is 1. The Kier molecular flexibility index (Phi) is 7.15. The van der Waals surface area contributed by atoms with Crippen LogP contribution in [0.5, 0.6) is 0 Å². The number of thioether (sulfide) groups is 3. The van der Waals surface area contributed by atoms with Crippen LogP contribution in [0.1, 0.15) is 0 Å². The van der Waals surface area contributed by atoms with E-state index in [1.54, 1.807) is 0 Å². The molecule has 0 bridgehead atoms. The van der Waals surface area contributed by atoms with Crippen molar-refractivity contribution in [3.63, 3.8) is 0 Å². The van der Waals surface area contributed by atoms with E-state index in [9.17, 15) is 9.59 Å². The summed E-state index contributed by atoms with van der Waals surface area (Å²) in [5.74, 6) is 2.72. The Labute approximate surface area is 108 Å². The summed E-state index contributed by atoms with van der Waals surface area (Å²) in [7, 11) is 0. The van der Waals surface area contributed by atoms with Crippen molar-refractivity contribution in [3.05, 3.63) is 0 Å². The van der Waals surface area contributed by atoms with Gasteiger partial charge in [-0.05, 0) is 0 Å². The van der Waals surface area contributed by atoms with Gasteiger partial charge >= 0.3 is 5.97 Å². The number of rotatable bonds is 6. The maximum atomic E-state index is 11.3. The fraction of sp³-hybridized carbons (Fsp3) is 0.778. The molecule has 0 aromatic carbocycles. The average molecular weight is 281 g/mol. The van der Waals surface area contributed by atoms with Crippen LogP contribution in [0.4, 0.5) is 0 Å². The van der Waals surface area contributed by atoms with Crippen LogP contribution >= 0.6 is 35.3 Å². The van der Waals surface area contributed by atoms with E-state index in [4.69, 9.17) is 5.11 Å². The molecule has 1 unspecified atom stereocenters. The third-order valence-corrected chi connectivity index (χ3v) is 5.63. The van der Waals surface area contributed by atoms with Crippen LogP contribution in [-0.2, 0) is 9.59 Å². The molecule has 7 heteroatoms. The van der Waals surface area contributed by atoms with Crippen LogP contribution in [0.3, 0.4) is 0 Å². The molecule has 92 valence electrons. The number of carbonyl (C=O) groups excluding carboxylic acids is 1. The highest BCUT2D eigenvalue weighted by Gasteiger charge is 2.15. The van der Waals surface area contributed by atoms with Gasteiger partial charge in [0.25, 0.3) is 0 Å². The van der Waals surface area contributed by atoms with Crippen LogP contribution in [0.15, 0.2) is 0 Å². The van der Waals surface area contributed by atoms with Gasteiger partial charge in [0.15, 0.2) is 0 Å². The van der Waals surface area contributed by atoms with Crippen molar-refractivity contribution in [1.29, 1.82) is 0 Å². The molecule has 0 radical (unpaired) electrons. The molecule has 1 aliphatic rings. The van der Waals surface area contributed by atoms with E-state index >= 15 is 0 Å². The van der Waals surface area contributed by atoms with Gasteiger partial charge in [0.1, 0.15) is 0 Å². The van der Waals surface area contributed by atoms with Crippen LogP contribution in [0.2, 0.25) is 0 Å². The molecule has 0 spiro atoms. The minimum absolute atomic E-state index is 0.0124. The summed E-state index contributed by atoms with van der Waals surface area (Å²) in [5.41, 5.74) is 0. The lowest BCUT2D eigenvalue weighted by Gasteiger charge is -2.20. The first-order valence-corrected chi connectivity index (χ1v) is 8.30. The molecule has 1 rings (SSSR count). The number of carbonyl (C=O) groups is 2. The third kappa shape index (κ3) is 6.55. The number of amides is 1. The summed E-state index contributed by atoms with van der Waals surface area (Å²) in [5, 5.41) is 11.7. The Morgan fingerprint density at radius 2 is 2.19 bits per heavy atom. The molecule has 0 aliphatic carbocycles. The smallest absolute Gasteiger partial charge is 0.313 e. The van der Waals surface area contributed by atoms with Crippen molar-refractivity contribution < 1.29 is 14.7 Å². The van der Waals surface area contributed by atoms with E-state index in [1.165, 1.54) is 5.75 Å². The van der Waals surface area contributed by atoms with Crippen LogP contribution in [0, 0.1) is 0 Å². The zero-order valence-electron chi connectivity index (χ0n) is 8.81. The molecular weight excluding hydrogens is 266 g/mol. The number of carboxylic acid groups (broad SMARTS) is 1. The van der Waals surface area contributed by atoms with E-state index < -0.39 is 5.97 Å². The van der Waals surface area contributed by atoms with Gasteiger partial charge in [0.05, 0.1) is 11.5 Å². The quantitative estimate of drug-likeness (QED) is 0.749.